The van der Waals surface area contributed by atoms with Crippen molar-refractivity contribution in [1.29, 1.82) is 0 Å². The molecule has 0 aliphatic carbocycles. The molecular formula is C28H32ClN3O6. The molecule has 0 unspecified atom stereocenters. The summed E-state index contributed by atoms with van der Waals surface area (Å²) in [7, 11) is 5.63. The minimum atomic E-state index is -1.18. The highest BCUT2D eigenvalue weighted by molar-refractivity contribution is 6.31. The fourth-order valence-electron chi connectivity index (χ4n) is 3.28. The second-order valence-corrected chi connectivity index (χ2v) is 8.96. The lowest BCUT2D eigenvalue weighted by atomic mass is 10.1. The van der Waals surface area contributed by atoms with Crippen LogP contribution in [0.2, 0.25) is 5.02 Å². The smallest absolute Gasteiger partial charge is 0.335 e. The summed E-state index contributed by atoms with van der Waals surface area (Å²) in [5.41, 5.74) is 0.985. The third-order valence-corrected chi connectivity index (χ3v) is 5.56. The molecule has 10 heteroatoms. The number of carboxylic acids is 1. The Hall–Kier alpha value is -4.08. The number of quaternary nitrogens is 1. The third kappa shape index (κ3) is 9.76. The molecule has 38 heavy (non-hydrogen) atoms. The predicted molar refractivity (Wildman–Crippen MR) is 144 cm³/mol. The first-order valence-electron chi connectivity index (χ1n) is 11.9. The standard InChI is InChI=1S/C21H26ClN3O3.C7H6O3/c1-24(2)14-12-23-20(26)11-13-25(18-6-4-5-17(22)15-18)21(27)16-7-9-19(28-3)10-8-16;8-6-4-2-1-3-5(6)7(9)10/h4-10,15H,11-14H2,1-3H3,(H,23,26);1-4,8H,(H,9,10). The number of hydrogen-bond donors (Lipinski definition) is 3. The van der Waals surface area contributed by atoms with E-state index in [1.807, 2.05) is 14.1 Å². The van der Waals surface area contributed by atoms with Crippen molar-refractivity contribution in [1.82, 2.24) is 5.32 Å². The van der Waals surface area contributed by atoms with Gasteiger partial charge in [0.2, 0.25) is 5.91 Å². The Labute approximate surface area is 227 Å². The van der Waals surface area contributed by atoms with Crippen LogP contribution in [0.15, 0.2) is 72.8 Å². The van der Waals surface area contributed by atoms with Crippen LogP contribution >= 0.6 is 11.6 Å². The first kappa shape index (κ1) is 30.1. The maximum atomic E-state index is 13.1. The number of ether oxygens (including phenoxy) is 1. The van der Waals surface area contributed by atoms with Gasteiger partial charge in [0.25, 0.3) is 5.91 Å². The molecule has 0 heterocycles. The van der Waals surface area contributed by atoms with E-state index in [4.69, 9.17) is 21.4 Å². The van der Waals surface area contributed by atoms with E-state index < -0.39 is 11.7 Å². The number of para-hydroxylation sites is 1. The molecule has 0 aromatic heterocycles. The lowest BCUT2D eigenvalue weighted by Gasteiger charge is -2.23. The van der Waals surface area contributed by atoms with Crippen molar-refractivity contribution in [3.63, 3.8) is 0 Å². The number of amides is 2. The number of nitrogens with one attached hydrogen (secondary N) is 2. The SMILES string of the molecule is COc1ccc(C(=O)N(CCC(=O)NCC[NH+](C)C)c2cccc(Cl)c2)cc1.O=C(O)c1ccccc1[O-]. The molecule has 0 bridgehead atoms. The second-order valence-electron chi connectivity index (χ2n) is 8.52. The van der Waals surface area contributed by atoms with Gasteiger partial charge in [0.15, 0.2) is 0 Å². The predicted octanol–water partition coefficient (Wildman–Crippen LogP) is 2.10. The molecule has 9 nitrogen and oxygen atoms in total. The number of nitrogens with zero attached hydrogens (tertiary/aromatic N) is 1. The topological polar surface area (TPSA) is 123 Å². The van der Waals surface area contributed by atoms with Crippen molar-refractivity contribution in [2.24, 2.45) is 0 Å². The zero-order chi connectivity index (χ0) is 28.1. The van der Waals surface area contributed by atoms with Crippen LogP contribution in [-0.4, -0.2) is 63.7 Å². The highest BCUT2D eigenvalue weighted by Crippen LogP contribution is 2.23. The molecule has 0 aliphatic rings. The number of methoxy groups -OCH3 is 1. The number of hydrogen-bond acceptors (Lipinski definition) is 5. The Bertz CT molecular complexity index is 1220. The molecule has 0 fully saturated rings. The van der Waals surface area contributed by atoms with Crippen molar-refractivity contribution in [2.75, 3.05) is 45.7 Å². The Morgan fingerprint density at radius 2 is 1.71 bits per heavy atom. The molecule has 2 amide bonds. The van der Waals surface area contributed by atoms with E-state index in [0.717, 1.165) is 6.54 Å². The number of carbonyl (C=O) groups is 3. The third-order valence-electron chi connectivity index (χ3n) is 5.33. The van der Waals surface area contributed by atoms with Crippen LogP contribution in [-0.2, 0) is 4.79 Å². The van der Waals surface area contributed by atoms with Gasteiger partial charge in [0.1, 0.15) is 5.75 Å². The average Bonchev–Trinajstić information content (AvgIpc) is 2.89. The van der Waals surface area contributed by atoms with Crippen molar-refractivity contribution in [3.05, 3.63) is 88.9 Å². The Morgan fingerprint density at radius 1 is 1.03 bits per heavy atom. The highest BCUT2D eigenvalue weighted by atomic mass is 35.5. The lowest BCUT2D eigenvalue weighted by Crippen LogP contribution is -3.06. The number of benzene rings is 3. The molecule has 0 spiro atoms. The molecule has 0 saturated heterocycles. The van der Waals surface area contributed by atoms with E-state index in [2.05, 4.69) is 5.32 Å². The van der Waals surface area contributed by atoms with Crippen LogP contribution in [0.4, 0.5) is 5.69 Å². The molecule has 3 rings (SSSR count). The molecule has 0 radical (unpaired) electrons. The minimum Gasteiger partial charge on any atom is -0.872 e. The molecule has 0 atom stereocenters. The minimum absolute atomic E-state index is 0.0872. The zero-order valence-corrected chi connectivity index (χ0v) is 22.3. The number of halogens is 1. The molecular weight excluding hydrogens is 510 g/mol. The van der Waals surface area contributed by atoms with Crippen molar-refractivity contribution in [3.8, 4) is 11.5 Å². The van der Waals surface area contributed by atoms with Gasteiger partial charge in [-0.2, -0.15) is 0 Å². The largest absolute Gasteiger partial charge is 0.872 e. The number of rotatable bonds is 10. The van der Waals surface area contributed by atoms with Gasteiger partial charge in [-0.3, -0.25) is 9.59 Å². The van der Waals surface area contributed by atoms with Crippen LogP contribution in [0.1, 0.15) is 27.1 Å². The van der Waals surface area contributed by atoms with E-state index in [1.54, 1.807) is 60.5 Å². The van der Waals surface area contributed by atoms with Gasteiger partial charge >= 0.3 is 5.97 Å². The van der Waals surface area contributed by atoms with E-state index in [9.17, 15) is 19.5 Å². The summed E-state index contributed by atoms with van der Waals surface area (Å²) in [6.07, 6.45) is 0.206. The quantitative estimate of drug-likeness (QED) is 0.361. The molecule has 3 N–H and O–H groups in total. The number of aromatic carboxylic acids is 1. The fraction of sp³-hybridized carbons (Fsp3) is 0.250. The maximum absolute atomic E-state index is 13.1. The van der Waals surface area contributed by atoms with Crippen LogP contribution in [0, 0.1) is 0 Å². The van der Waals surface area contributed by atoms with Gasteiger partial charge in [-0.05, 0) is 48.5 Å². The van der Waals surface area contributed by atoms with Crippen LogP contribution < -0.4 is 25.0 Å². The highest BCUT2D eigenvalue weighted by Gasteiger charge is 2.19. The lowest BCUT2D eigenvalue weighted by molar-refractivity contribution is -0.856. The van der Waals surface area contributed by atoms with Crippen LogP contribution in [0.3, 0.4) is 0 Å². The summed E-state index contributed by atoms with van der Waals surface area (Å²) in [4.78, 5) is 38.3. The first-order valence-corrected chi connectivity index (χ1v) is 12.3. The Morgan fingerprint density at radius 3 is 2.26 bits per heavy atom. The average molecular weight is 542 g/mol. The summed E-state index contributed by atoms with van der Waals surface area (Å²) >= 11 is 6.10. The van der Waals surface area contributed by atoms with Crippen molar-refractivity contribution >= 4 is 35.1 Å². The summed E-state index contributed by atoms with van der Waals surface area (Å²) in [5, 5.41) is 22.5. The van der Waals surface area contributed by atoms with Crippen molar-refractivity contribution in [2.45, 2.75) is 6.42 Å². The van der Waals surface area contributed by atoms with E-state index in [-0.39, 0.29) is 30.3 Å². The number of carboxylic acid groups (broad SMARTS) is 1. The van der Waals surface area contributed by atoms with Crippen LogP contribution in [0.5, 0.6) is 11.5 Å². The van der Waals surface area contributed by atoms with E-state index >= 15 is 0 Å². The maximum Gasteiger partial charge on any atom is 0.335 e. The Balaban J connectivity index is 0.000000423. The molecule has 3 aromatic carbocycles. The van der Waals surface area contributed by atoms with E-state index in [1.165, 1.54) is 29.2 Å². The number of anilines is 1. The van der Waals surface area contributed by atoms with Gasteiger partial charge in [-0.1, -0.05) is 41.6 Å². The normalized spacial score (nSPS) is 10.2. The van der Waals surface area contributed by atoms with Crippen LogP contribution in [0.25, 0.3) is 0 Å². The second kappa shape index (κ2) is 15.2. The molecule has 202 valence electrons. The zero-order valence-electron chi connectivity index (χ0n) is 21.6. The number of likely N-dealkylation sites (N-methyl/N-ethyl adjacent to an activating group) is 1. The van der Waals surface area contributed by atoms with Gasteiger partial charge in [-0.15, -0.1) is 0 Å². The van der Waals surface area contributed by atoms with Gasteiger partial charge < -0.3 is 30.1 Å². The fourth-order valence-corrected chi connectivity index (χ4v) is 3.46. The van der Waals surface area contributed by atoms with E-state index in [0.29, 0.717) is 28.6 Å². The summed E-state index contributed by atoms with van der Waals surface area (Å²) in [5.74, 6) is -1.24. The monoisotopic (exact) mass is 541 g/mol. The summed E-state index contributed by atoms with van der Waals surface area (Å²) in [6.45, 7) is 1.70. The van der Waals surface area contributed by atoms with Crippen molar-refractivity contribution < 1.29 is 34.2 Å². The number of carbonyl (C=O) groups excluding carboxylic acids is 2. The molecule has 0 saturated carbocycles. The van der Waals surface area contributed by atoms with Gasteiger partial charge in [0, 0.05) is 29.2 Å². The molecule has 0 aliphatic heterocycles. The summed E-state index contributed by atoms with van der Waals surface area (Å²) in [6, 6.07) is 19.5. The molecule has 3 aromatic rings. The van der Waals surface area contributed by atoms with Gasteiger partial charge in [0.05, 0.1) is 39.9 Å². The first-order chi connectivity index (χ1) is 18.1. The van der Waals surface area contributed by atoms with Gasteiger partial charge in [-0.25, -0.2) is 4.79 Å². The summed E-state index contributed by atoms with van der Waals surface area (Å²) < 4.78 is 5.15. The Kier molecular flexibility index (Phi) is 12.1.